The van der Waals surface area contributed by atoms with E-state index < -0.39 is 97.5 Å². The Labute approximate surface area is 613 Å². The number of rotatable bonds is 80. The van der Waals surface area contributed by atoms with Gasteiger partial charge in [0.1, 0.15) is 19.3 Å². The number of phosphoric ester groups is 2. The summed E-state index contributed by atoms with van der Waals surface area (Å²) in [5.74, 6) is -0.564. The second kappa shape index (κ2) is 72.6. The first kappa shape index (κ1) is 98.1. The van der Waals surface area contributed by atoms with E-state index in [-0.39, 0.29) is 25.7 Å². The number of ether oxygens (including phenoxy) is 4. The third-order valence-corrected chi connectivity index (χ3v) is 20.9. The van der Waals surface area contributed by atoms with Crippen molar-refractivity contribution in [2.24, 2.45) is 11.8 Å². The maximum Gasteiger partial charge on any atom is 0.472 e. The Morgan fingerprint density at radius 3 is 0.680 bits per heavy atom. The molecule has 0 saturated carbocycles. The van der Waals surface area contributed by atoms with Crippen LogP contribution in [0.4, 0.5) is 0 Å². The maximum atomic E-state index is 13.1. The van der Waals surface area contributed by atoms with Gasteiger partial charge in [0.2, 0.25) is 0 Å². The van der Waals surface area contributed by atoms with E-state index in [2.05, 4.69) is 41.5 Å². The van der Waals surface area contributed by atoms with Crippen LogP contribution in [-0.4, -0.2) is 96.7 Å². The minimum Gasteiger partial charge on any atom is -0.462 e. The second-order valence-corrected chi connectivity index (χ2v) is 33.0. The number of carbonyl (C=O) groups excluding carboxylic acids is 4. The SMILES string of the molecule is CCCCCCCCCCCCCCCCCCCCCCCCC(=O)O[C@H](COC(=O)CCCCCCCCCCCCCCCCCCCCC(C)C)COP(=O)(O)OC[C@@H](O)COP(=O)(O)OC[C@@H](COC(=O)CCCCCCC)OC(=O)CCCCCCCCCCCC(C)C. The molecule has 0 fully saturated rings. The van der Waals surface area contributed by atoms with E-state index in [1.165, 1.54) is 238 Å². The molecule has 594 valence electrons. The summed E-state index contributed by atoms with van der Waals surface area (Å²) in [5.41, 5.74) is 0. The van der Waals surface area contributed by atoms with Gasteiger partial charge in [-0.25, -0.2) is 9.13 Å². The molecule has 0 amide bonds. The summed E-state index contributed by atoms with van der Waals surface area (Å²) in [6, 6.07) is 0. The zero-order valence-electron chi connectivity index (χ0n) is 65.5. The Balaban J connectivity index is 5.09. The molecule has 0 saturated heterocycles. The average molecular weight is 1470 g/mol. The van der Waals surface area contributed by atoms with Crippen LogP contribution in [-0.2, 0) is 65.4 Å². The summed E-state index contributed by atoms with van der Waals surface area (Å²) in [5, 5.41) is 10.6. The number of unbranched alkanes of at least 4 members (excludes halogenated alkanes) is 50. The van der Waals surface area contributed by atoms with Gasteiger partial charge in [0, 0.05) is 25.7 Å². The standard InChI is InChI=1S/C81H158O17P2/c1-7-9-11-13-14-15-16-17-18-19-20-21-22-23-28-31-34-37-42-47-53-59-65-80(85)98-77(70-92-79(84)64-58-52-46-41-36-33-30-27-25-24-26-29-32-35-39-44-50-55-61-73(3)4)72-96-100(89,90)94-68-75(82)67-93-99(87,88)95-71-76(69-91-78(83)63-57-49-12-10-8-2)97-81(86)66-60-54-48-43-38-40-45-51-56-62-74(5)6/h73-77,82H,7-72H2,1-6H3,(H,87,88)(H,89,90)/t75-,76+,77+/m0/s1. The molecule has 0 bridgehead atoms. The highest BCUT2D eigenvalue weighted by Crippen LogP contribution is 2.45. The van der Waals surface area contributed by atoms with Gasteiger partial charge in [0.15, 0.2) is 12.2 Å². The minimum absolute atomic E-state index is 0.105. The zero-order valence-corrected chi connectivity index (χ0v) is 67.3. The Morgan fingerprint density at radius 1 is 0.270 bits per heavy atom. The van der Waals surface area contributed by atoms with Crippen LogP contribution < -0.4 is 0 Å². The molecular weight excluding hydrogens is 1310 g/mol. The Bertz CT molecular complexity index is 1920. The van der Waals surface area contributed by atoms with E-state index in [1.807, 2.05) is 0 Å². The van der Waals surface area contributed by atoms with Crippen LogP contribution in [0.2, 0.25) is 0 Å². The number of carbonyl (C=O) groups is 4. The maximum absolute atomic E-state index is 13.1. The highest BCUT2D eigenvalue weighted by molar-refractivity contribution is 7.47. The van der Waals surface area contributed by atoms with Crippen LogP contribution >= 0.6 is 15.6 Å². The number of phosphoric acid groups is 2. The van der Waals surface area contributed by atoms with Crippen molar-refractivity contribution >= 4 is 39.5 Å². The lowest BCUT2D eigenvalue weighted by Crippen LogP contribution is -2.30. The van der Waals surface area contributed by atoms with Gasteiger partial charge in [-0.3, -0.25) is 37.3 Å². The molecule has 5 atom stereocenters. The molecule has 0 radical (unpaired) electrons. The van der Waals surface area contributed by atoms with Crippen molar-refractivity contribution < 1.29 is 80.2 Å². The van der Waals surface area contributed by atoms with Crippen molar-refractivity contribution in [1.82, 2.24) is 0 Å². The topological polar surface area (TPSA) is 237 Å². The van der Waals surface area contributed by atoms with Crippen LogP contribution in [0, 0.1) is 11.8 Å². The number of aliphatic hydroxyl groups is 1. The van der Waals surface area contributed by atoms with E-state index in [0.29, 0.717) is 25.7 Å². The summed E-state index contributed by atoms with van der Waals surface area (Å²) in [4.78, 5) is 72.6. The number of hydrogen-bond donors (Lipinski definition) is 3. The molecule has 0 aliphatic heterocycles. The second-order valence-electron chi connectivity index (χ2n) is 30.1. The van der Waals surface area contributed by atoms with Gasteiger partial charge < -0.3 is 33.8 Å². The van der Waals surface area contributed by atoms with Crippen molar-refractivity contribution in [1.29, 1.82) is 0 Å². The summed E-state index contributed by atoms with van der Waals surface area (Å²) >= 11 is 0. The quantitative estimate of drug-likeness (QED) is 0.0222. The minimum atomic E-state index is -4.96. The lowest BCUT2D eigenvalue weighted by atomic mass is 10.0. The van der Waals surface area contributed by atoms with Crippen molar-refractivity contribution in [3.8, 4) is 0 Å². The van der Waals surface area contributed by atoms with Gasteiger partial charge >= 0.3 is 39.5 Å². The number of aliphatic hydroxyl groups excluding tert-OH is 1. The van der Waals surface area contributed by atoms with Gasteiger partial charge in [-0.05, 0) is 37.5 Å². The van der Waals surface area contributed by atoms with Gasteiger partial charge in [0.25, 0.3) is 0 Å². The molecule has 0 aliphatic carbocycles. The first-order chi connectivity index (χ1) is 48.4. The Morgan fingerprint density at radius 2 is 0.460 bits per heavy atom. The molecule has 0 heterocycles. The predicted octanol–water partition coefficient (Wildman–Crippen LogP) is 24.3. The van der Waals surface area contributed by atoms with Crippen LogP contribution in [0.1, 0.15) is 427 Å². The molecule has 0 aliphatic rings. The smallest absolute Gasteiger partial charge is 0.462 e. The summed E-state index contributed by atoms with van der Waals surface area (Å²) in [7, 11) is -9.91. The number of esters is 4. The van der Waals surface area contributed by atoms with Gasteiger partial charge in [-0.15, -0.1) is 0 Å². The molecule has 0 aromatic rings. The Kier molecular flexibility index (Phi) is 71.2. The van der Waals surface area contributed by atoms with E-state index in [9.17, 15) is 43.2 Å². The number of hydrogen-bond acceptors (Lipinski definition) is 15. The third kappa shape index (κ3) is 74.3. The third-order valence-electron chi connectivity index (χ3n) is 19.0. The van der Waals surface area contributed by atoms with Crippen LogP contribution in [0.25, 0.3) is 0 Å². The lowest BCUT2D eigenvalue weighted by molar-refractivity contribution is -0.161. The predicted molar refractivity (Wildman–Crippen MR) is 409 cm³/mol. The van der Waals surface area contributed by atoms with Gasteiger partial charge in [0.05, 0.1) is 26.4 Å². The fraction of sp³-hybridized carbons (Fsp3) is 0.951. The van der Waals surface area contributed by atoms with E-state index in [4.69, 9.17) is 37.0 Å². The van der Waals surface area contributed by atoms with Crippen LogP contribution in [0.5, 0.6) is 0 Å². The van der Waals surface area contributed by atoms with E-state index in [0.717, 1.165) is 108 Å². The molecular formula is C81H158O17P2. The molecule has 100 heavy (non-hydrogen) atoms. The molecule has 17 nitrogen and oxygen atoms in total. The Hall–Kier alpha value is -1.94. The zero-order chi connectivity index (χ0) is 73.5. The molecule has 2 unspecified atom stereocenters. The van der Waals surface area contributed by atoms with Crippen LogP contribution in [0.3, 0.4) is 0 Å². The van der Waals surface area contributed by atoms with Gasteiger partial charge in [-0.2, -0.15) is 0 Å². The fourth-order valence-corrected chi connectivity index (χ4v) is 14.1. The summed E-state index contributed by atoms with van der Waals surface area (Å²) in [6.07, 6.45) is 63.2. The molecule has 0 aromatic carbocycles. The first-order valence-corrected chi connectivity index (χ1v) is 45.0. The monoisotopic (exact) mass is 1470 g/mol. The molecule has 0 rings (SSSR count). The molecule has 0 spiro atoms. The first-order valence-electron chi connectivity index (χ1n) is 42.0. The summed E-state index contributed by atoms with van der Waals surface area (Å²) < 4.78 is 68.4. The van der Waals surface area contributed by atoms with E-state index in [1.54, 1.807) is 0 Å². The molecule has 3 N–H and O–H groups in total. The van der Waals surface area contributed by atoms with Crippen LogP contribution in [0.15, 0.2) is 0 Å². The van der Waals surface area contributed by atoms with E-state index >= 15 is 0 Å². The van der Waals surface area contributed by atoms with Crippen molar-refractivity contribution in [3.05, 3.63) is 0 Å². The van der Waals surface area contributed by atoms with Crippen molar-refractivity contribution in [2.75, 3.05) is 39.6 Å². The van der Waals surface area contributed by atoms with Crippen molar-refractivity contribution in [2.45, 2.75) is 445 Å². The highest BCUT2D eigenvalue weighted by Gasteiger charge is 2.30. The largest absolute Gasteiger partial charge is 0.472 e. The normalized spacial score (nSPS) is 13.9. The fourth-order valence-electron chi connectivity index (χ4n) is 12.5. The summed E-state index contributed by atoms with van der Waals surface area (Å²) in [6.45, 7) is 9.54. The van der Waals surface area contributed by atoms with Gasteiger partial charge in [-0.1, -0.05) is 375 Å². The average Bonchev–Trinajstić information content (AvgIpc) is 1.01. The lowest BCUT2D eigenvalue weighted by Gasteiger charge is -2.21. The molecule has 0 aromatic heterocycles. The molecule has 19 heteroatoms. The van der Waals surface area contributed by atoms with Crippen molar-refractivity contribution in [3.63, 3.8) is 0 Å². The highest BCUT2D eigenvalue weighted by atomic mass is 31.2.